The quantitative estimate of drug-likeness (QED) is 0.865. The minimum absolute atomic E-state index is 0.151. The number of hydrogen-bond acceptors (Lipinski definition) is 4. The van der Waals surface area contributed by atoms with Gasteiger partial charge in [-0.25, -0.2) is 9.18 Å². The molecule has 0 saturated heterocycles. The molecule has 0 radical (unpaired) electrons. The Morgan fingerprint density at radius 2 is 2.09 bits per heavy atom. The topological polar surface area (TPSA) is 64.8 Å². The summed E-state index contributed by atoms with van der Waals surface area (Å²) in [7, 11) is 0. The number of nitrogens with zero attached hydrogens (tertiary/aromatic N) is 1. The molecule has 23 heavy (non-hydrogen) atoms. The van der Waals surface area contributed by atoms with E-state index in [1.54, 1.807) is 6.07 Å². The van der Waals surface area contributed by atoms with Crippen molar-refractivity contribution in [3.8, 4) is 5.75 Å². The van der Waals surface area contributed by atoms with Gasteiger partial charge in [0.1, 0.15) is 13.2 Å². The zero-order chi connectivity index (χ0) is 16.2. The van der Waals surface area contributed by atoms with Gasteiger partial charge in [0.2, 0.25) is 0 Å². The van der Waals surface area contributed by atoms with E-state index >= 15 is 0 Å². The summed E-state index contributed by atoms with van der Waals surface area (Å²) >= 11 is 0. The fourth-order valence-corrected chi connectivity index (χ4v) is 2.46. The van der Waals surface area contributed by atoms with Gasteiger partial charge in [0.25, 0.3) is 0 Å². The number of carbonyl (C=O) groups is 1. The first-order chi connectivity index (χ1) is 11.1. The normalized spacial score (nSPS) is 13.7. The highest BCUT2D eigenvalue weighted by atomic mass is 19.1. The summed E-state index contributed by atoms with van der Waals surface area (Å²) in [5.74, 6) is -0.364. The molecular formula is C17H17FN2O3. The Kier molecular flexibility index (Phi) is 4.32. The molecule has 0 unspecified atom stereocenters. The lowest BCUT2D eigenvalue weighted by Gasteiger charge is -2.19. The second kappa shape index (κ2) is 6.56. The van der Waals surface area contributed by atoms with Gasteiger partial charge < -0.3 is 20.1 Å². The van der Waals surface area contributed by atoms with Crippen LogP contribution in [0.1, 0.15) is 11.1 Å². The Balaban J connectivity index is 1.69. The van der Waals surface area contributed by atoms with Gasteiger partial charge in [-0.3, -0.25) is 0 Å². The number of fused-ring (bicyclic) bond motifs is 1. The molecule has 2 aromatic rings. The fraction of sp³-hybridized carbons (Fsp3) is 0.235. The predicted molar refractivity (Wildman–Crippen MR) is 83.3 cm³/mol. The third kappa shape index (κ3) is 3.53. The molecule has 0 saturated carbocycles. The van der Waals surface area contributed by atoms with Crippen molar-refractivity contribution in [2.75, 3.05) is 18.9 Å². The summed E-state index contributed by atoms with van der Waals surface area (Å²) in [5.41, 5.74) is 7.40. The number of hydrogen-bond donors (Lipinski definition) is 1. The number of benzene rings is 2. The molecular weight excluding hydrogens is 299 g/mol. The van der Waals surface area contributed by atoms with Gasteiger partial charge in [0.05, 0.1) is 13.1 Å². The summed E-state index contributed by atoms with van der Waals surface area (Å²) in [6.07, 6.45) is -0.465. The first kappa shape index (κ1) is 15.1. The molecule has 2 N–H and O–H groups in total. The van der Waals surface area contributed by atoms with Crippen LogP contribution in [0.5, 0.6) is 5.75 Å². The minimum atomic E-state index is -0.514. The van der Waals surface area contributed by atoms with Crippen LogP contribution in [0.3, 0.4) is 0 Å². The van der Waals surface area contributed by atoms with E-state index in [2.05, 4.69) is 0 Å². The molecule has 3 rings (SSSR count). The molecule has 0 spiro atoms. The first-order valence-electron chi connectivity index (χ1n) is 7.30. The summed E-state index contributed by atoms with van der Waals surface area (Å²) < 4.78 is 24.6. The highest BCUT2D eigenvalue weighted by Gasteiger charge is 2.23. The van der Waals surface area contributed by atoms with E-state index in [0.717, 1.165) is 5.56 Å². The Morgan fingerprint density at radius 1 is 1.30 bits per heavy atom. The number of nitrogens with two attached hydrogens (primary N) is 1. The lowest BCUT2D eigenvalue weighted by atomic mass is 10.1. The van der Waals surface area contributed by atoms with Crippen LogP contribution in [0.4, 0.5) is 14.9 Å². The molecule has 0 aliphatic carbocycles. The third-order valence-electron chi connectivity index (χ3n) is 3.57. The largest absolute Gasteiger partial charge is 0.488 e. The van der Waals surface area contributed by atoms with Crippen LogP contribution < -0.4 is 10.5 Å². The molecule has 1 heterocycles. The van der Waals surface area contributed by atoms with Crippen molar-refractivity contribution in [3.63, 3.8) is 0 Å². The number of carbonyl (C=O) groups excluding carboxylic acids is 1. The summed E-state index contributed by atoms with van der Waals surface area (Å²) in [5, 5.41) is 0. The standard InChI is InChI=1S/C17H17FN2O3/c18-15-9-14(19)8-13-10-20(6-7-22-16(13)15)17(21)23-11-12-4-2-1-3-5-12/h1-5,8-9H,6-7,10-11,19H2. The Labute approximate surface area is 133 Å². The van der Waals surface area contributed by atoms with Crippen LogP contribution in [0.2, 0.25) is 0 Å². The lowest BCUT2D eigenvalue weighted by Crippen LogP contribution is -2.32. The maximum atomic E-state index is 13.9. The number of anilines is 1. The molecule has 5 nitrogen and oxygen atoms in total. The van der Waals surface area contributed by atoms with Crippen LogP contribution in [-0.4, -0.2) is 24.1 Å². The Morgan fingerprint density at radius 3 is 2.87 bits per heavy atom. The van der Waals surface area contributed by atoms with E-state index in [0.29, 0.717) is 17.8 Å². The molecule has 1 aliphatic heterocycles. The van der Waals surface area contributed by atoms with Gasteiger partial charge in [-0.1, -0.05) is 30.3 Å². The molecule has 1 aliphatic rings. The maximum Gasteiger partial charge on any atom is 0.410 e. The summed E-state index contributed by atoms with van der Waals surface area (Å²) in [6.45, 7) is 0.913. The van der Waals surface area contributed by atoms with E-state index in [4.69, 9.17) is 15.2 Å². The van der Waals surface area contributed by atoms with E-state index in [1.165, 1.54) is 11.0 Å². The molecule has 0 atom stereocenters. The van der Waals surface area contributed by atoms with Gasteiger partial charge in [-0.15, -0.1) is 0 Å². The number of rotatable bonds is 2. The monoisotopic (exact) mass is 316 g/mol. The highest BCUT2D eigenvalue weighted by Crippen LogP contribution is 2.29. The van der Waals surface area contributed by atoms with Gasteiger partial charge in [0.15, 0.2) is 11.6 Å². The zero-order valence-electron chi connectivity index (χ0n) is 12.5. The van der Waals surface area contributed by atoms with Crippen molar-refractivity contribution >= 4 is 11.8 Å². The van der Waals surface area contributed by atoms with Crippen LogP contribution in [0.25, 0.3) is 0 Å². The van der Waals surface area contributed by atoms with E-state index in [9.17, 15) is 9.18 Å². The number of amides is 1. The number of nitrogen functional groups attached to an aromatic ring is 1. The molecule has 120 valence electrons. The van der Waals surface area contributed by atoms with E-state index in [1.807, 2.05) is 30.3 Å². The average Bonchev–Trinajstić information content (AvgIpc) is 2.76. The number of ether oxygens (including phenoxy) is 2. The number of halogens is 1. The van der Waals surface area contributed by atoms with Gasteiger partial charge >= 0.3 is 6.09 Å². The predicted octanol–water partition coefficient (Wildman–Crippen LogP) is 2.94. The average molecular weight is 316 g/mol. The highest BCUT2D eigenvalue weighted by molar-refractivity contribution is 5.68. The van der Waals surface area contributed by atoms with Crippen LogP contribution in [0.15, 0.2) is 42.5 Å². The summed E-state index contributed by atoms with van der Waals surface area (Å²) in [6, 6.07) is 12.2. The van der Waals surface area contributed by atoms with E-state index in [-0.39, 0.29) is 25.5 Å². The Bertz CT molecular complexity index is 706. The van der Waals surface area contributed by atoms with Crippen molar-refractivity contribution < 1.29 is 18.7 Å². The molecule has 0 fully saturated rings. The van der Waals surface area contributed by atoms with Crippen molar-refractivity contribution in [2.24, 2.45) is 0 Å². The summed E-state index contributed by atoms with van der Waals surface area (Å²) in [4.78, 5) is 13.7. The third-order valence-corrected chi connectivity index (χ3v) is 3.57. The minimum Gasteiger partial charge on any atom is -0.488 e. The Hall–Kier alpha value is -2.76. The second-order valence-corrected chi connectivity index (χ2v) is 5.30. The molecule has 2 aromatic carbocycles. The van der Waals surface area contributed by atoms with Crippen molar-refractivity contribution in [2.45, 2.75) is 13.2 Å². The molecule has 0 aromatic heterocycles. The van der Waals surface area contributed by atoms with Crippen LogP contribution >= 0.6 is 0 Å². The van der Waals surface area contributed by atoms with Crippen molar-refractivity contribution in [1.29, 1.82) is 0 Å². The molecule has 6 heteroatoms. The lowest BCUT2D eigenvalue weighted by molar-refractivity contribution is 0.0913. The van der Waals surface area contributed by atoms with Crippen molar-refractivity contribution in [1.82, 2.24) is 4.90 Å². The zero-order valence-corrected chi connectivity index (χ0v) is 12.5. The van der Waals surface area contributed by atoms with E-state index < -0.39 is 11.9 Å². The van der Waals surface area contributed by atoms with Gasteiger partial charge in [-0.2, -0.15) is 0 Å². The van der Waals surface area contributed by atoms with Crippen LogP contribution in [-0.2, 0) is 17.9 Å². The van der Waals surface area contributed by atoms with Crippen molar-refractivity contribution in [3.05, 3.63) is 59.4 Å². The maximum absolute atomic E-state index is 13.9. The first-order valence-corrected chi connectivity index (χ1v) is 7.30. The van der Waals surface area contributed by atoms with Crippen LogP contribution in [0, 0.1) is 5.82 Å². The molecule has 0 bridgehead atoms. The van der Waals surface area contributed by atoms with Gasteiger partial charge in [0, 0.05) is 17.3 Å². The fourth-order valence-electron chi connectivity index (χ4n) is 2.46. The SMILES string of the molecule is Nc1cc(F)c2c(c1)CN(C(=O)OCc1ccccc1)CCO2. The van der Waals surface area contributed by atoms with Gasteiger partial charge in [-0.05, 0) is 11.6 Å². The molecule has 1 amide bonds. The smallest absolute Gasteiger partial charge is 0.410 e. The second-order valence-electron chi connectivity index (χ2n) is 5.30.